The topological polar surface area (TPSA) is 67.9 Å². The van der Waals surface area contributed by atoms with Gasteiger partial charge in [0.15, 0.2) is 11.5 Å². The molecule has 0 spiro atoms. The number of halogens is 1. The fraction of sp³-hybridized carbons (Fsp3) is 0.364. The van der Waals surface area contributed by atoms with Crippen molar-refractivity contribution in [2.24, 2.45) is 5.92 Å². The molecule has 7 heteroatoms. The number of rotatable bonds is 6. The van der Waals surface area contributed by atoms with Crippen molar-refractivity contribution in [1.29, 1.82) is 0 Å². The second-order valence-corrected chi connectivity index (χ2v) is 7.35. The molecule has 0 fully saturated rings. The van der Waals surface area contributed by atoms with Crippen LogP contribution in [0.25, 0.3) is 0 Å². The monoisotopic (exact) mass is 400 g/mol. The summed E-state index contributed by atoms with van der Waals surface area (Å²) in [6.07, 6.45) is 0. The molecule has 154 valence electrons. The highest BCUT2D eigenvalue weighted by atomic mass is 19.1. The smallest absolute Gasteiger partial charge is 0.254 e. The summed E-state index contributed by atoms with van der Waals surface area (Å²) in [5.41, 5.74) is 0.800. The Hall–Kier alpha value is -3.09. The largest absolute Gasteiger partial charge is 0.486 e. The van der Waals surface area contributed by atoms with E-state index in [1.165, 1.54) is 23.1 Å². The van der Waals surface area contributed by atoms with E-state index in [0.717, 1.165) is 5.56 Å². The van der Waals surface area contributed by atoms with Crippen molar-refractivity contribution >= 4 is 11.8 Å². The lowest BCUT2D eigenvalue weighted by Gasteiger charge is -2.27. The standard InChI is InChI=1S/C22H25FN2O4/c1-14(2)20(24-21(26)16-6-4-5-7-17(16)23)22(27)25(3)13-15-8-9-18-19(12-15)29-11-10-28-18/h4-9,12,14,20H,10-11,13H2,1-3H3,(H,24,26). The van der Waals surface area contributed by atoms with Crippen LogP contribution in [0.15, 0.2) is 42.5 Å². The minimum atomic E-state index is -0.774. The van der Waals surface area contributed by atoms with Crippen LogP contribution < -0.4 is 14.8 Å². The highest BCUT2D eigenvalue weighted by molar-refractivity contribution is 5.97. The fourth-order valence-electron chi connectivity index (χ4n) is 3.15. The predicted octanol–water partition coefficient (Wildman–Crippen LogP) is 3.01. The van der Waals surface area contributed by atoms with Crippen molar-refractivity contribution in [3.05, 3.63) is 59.4 Å². The van der Waals surface area contributed by atoms with Crippen molar-refractivity contribution < 1.29 is 23.5 Å². The van der Waals surface area contributed by atoms with Gasteiger partial charge in [0.1, 0.15) is 25.1 Å². The van der Waals surface area contributed by atoms with Crippen LogP contribution in [0.1, 0.15) is 29.8 Å². The number of hydrogen-bond acceptors (Lipinski definition) is 4. The first kappa shape index (κ1) is 20.6. The molecule has 3 rings (SSSR count). The Balaban J connectivity index is 1.70. The lowest BCUT2D eigenvalue weighted by molar-refractivity contribution is -0.133. The maximum atomic E-state index is 13.9. The zero-order chi connectivity index (χ0) is 21.0. The highest BCUT2D eigenvalue weighted by Gasteiger charge is 2.28. The minimum Gasteiger partial charge on any atom is -0.486 e. The van der Waals surface area contributed by atoms with E-state index in [1.54, 1.807) is 13.1 Å². The normalized spacial score (nSPS) is 13.7. The van der Waals surface area contributed by atoms with Crippen LogP contribution in [0.2, 0.25) is 0 Å². The number of likely N-dealkylation sites (N-methyl/N-ethyl adjacent to an activating group) is 1. The summed E-state index contributed by atoms with van der Waals surface area (Å²) in [6, 6.07) is 10.5. The maximum absolute atomic E-state index is 13.9. The number of nitrogens with one attached hydrogen (secondary N) is 1. The van der Waals surface area contributed by atoms with Gasteiger partial charge in [0, 0.05) is 13.6 Å². The Bertz CT molecular complexity index is 900. The molecule has 2 aromatic rings. The number of carbonyl (C=O) groups excluding carboxylic acids is 2. The molecular formula is C22H25FN2O4. The molecule has 2 aromatic carbocycles. The number of fused-ring (bicyclic) bond motifs is 1. The van der Waals surface area contributed by atoms with Gasteiger partial charge in [-0.25, -0.2) is 4.39 Å². The highest BCUT2D eigenvalue weighted by Crippen LogP contribution is 2.31. The Morgan fingerprint density at radius 2 is 1.79 bits per heavy atom. The summed E-state index contributed by atoms with van der Waals surface area (Å²) in [6.45, 7) is 5.02. The number of amides is 2. The number of hydrogen-bond donors (Lipinski definition) is 1. The van der Waals surface area contributed by atoms with E-state index >= 15 is 0 Å². The van der Waals surface area contributed by atoms with Gasteiger partial charge >= 0.3 is 0 Å². The van der Waals surface area contributed by atoms with Gasteiger partial charge in [0.05, 0.1) is 5.56 Å². The summed E-state index contributed by atoms with van der Waals surface area (Å²) in [5, 5.41) is 2.68. The molecule has 1 unspecified atom stereocenters. The molecule has 0 radical (unpaired) electrons. The van der Waals surface area contributed by atoms with Crippen molar-refractivity contribution in [2.45, 2.75) is 26.4 Å². The van der Waals surface area contributed by atoms with Gasteiger partial charge in [-0.15, -0.1) is 0 Å². The Morgan fingerprint density at radius 3 is 2.48 bits per heavy atom. The van der Waals surface area contributed by atoms with Gasteiger partial charge in [-0.2, -0.15) is 0 Å². The number of ether oxygens (including phenoxy) is 2. The summed E-state index contributed by atoms with van der Waals surface area (Å²) >= 11 is 0. The van der Waals surface area contributed by atoms with Crippen LogP contribution >= 0.6 is 0 Å². The van der Waals surface area contributed by atoms with Crippen LogP contribution in [-0.2, 0) is 11.3 Å². The van der Waals surface area contributed by atoms with Gasteiger partial charge in [-0.1, -0.05) is 32.0 Å². The lowest BCUT2D eigenvalue weighted by Crippen LogP contribution is -2.50. The molecular weight excluding hydrogens is 375 g/mol. The van der Waals surface area contributed by atoms with E-state index in [0.29, 0.717) is 31.3 Å². The first-order valence-corrected chi connectivity index (χ1v) is 9.55. The van der Waals surface area contributed by atoms with Crippen molar-refractivity contribution in [3.8, 4) is 11.5 Å². The average molecular weight is 400 g/mol. The van der Waals surface area contributed by atoms with Crippen molar-refractivity contribution in [1.82, 2.24) is 10.2 Å². The Kier molecular flexibility index (Phi) is 6.36. The number of nitrogens with zero attached hydrogens (tertiary/aromatic N) is 1. The van der Waals surface area contributed by atoms with E-state index in [4.69, 9.17) is 9.47 Å². The van der Waals surface area contributed by atoms with Crippen LogP contribution in [0.5, 0.6) is 11.5 Å². The number of carbonyl (C=O) groups is 2. The molecule has 2 amide bonds. The lowest BCUT2D eigenvalue weighted by atomic mass is 10.0. The quantitative estimate of drug-likeness (QED) is 0.810. The van der Waals surface area contributed by atoms with Gasteiger partial charge < -0.3 is 19.7 Å². The van der Waals surface area contributed by atoms with Crippen LogP contribution in [0.4, 0.5) is 4.39 Å². The SMILES string of the molecule is CC(C)C(NC(=O)c1ccccc1F)C(=O)N(C)Cc1ccc2c(c1)OCCO2. The Labute approximate surface area is 169 Å². The molecule has 1 aliphatic heterocycles. The van der Waals surface area contributed by atoms with E-state index in [9.17, 15) is 14.0 Å². The minimum absolute atomic E-state index is 0.0829. The first-order chi connectivity index (χ1) is 13.9. The molecule has 29 heavy (non-hydrogen) atoms. The molecule has 0 aliphatic carbocycles. The van der Waals surface area contributed by atoms with Crippen molar-refractivity contribution in [3.63, 3.8) is 0 Å². The zero-order valence-electron chi connectivity index (χ0n) is 16.8. The third kappa shape index (κ3) is 4.85. The summed E-state index contributed by atoms with van der Waals surface area (Å²) in [7, 11) is 1.67. The first-order valence-electron chi connectivity index (χ1n) is 9.55. The summed E-state index contributed by atoms with van der Waals surface area (Å²) < 4.78 is 25.0. The molecule has 0 bridgehead atoms. The zero-order valence-corrected chi connectivity index (χ0v) is 16.8. The van der Waals surface area contributed by atoms with Crippen molar-refractivity contribution in [2.75, 3.05) is 20.3 Å². The molecule has 0 saturated heterocycles. The molecule has 0 saturated carbocycles. The maximum Gasteiger partial charge on any atom is 0.254 e. The second-order valence-electron chi connectivity index (χ2n) is 7.35. The Morgan fingerprint density at radius 1 is 1.10 bits per heavy atom. The molecule has 1 aliphatic rings. The second kappa shape index (κ2) is 8.94. The molecule has 1 atom stereocenters. The van der Waals surface area contributed by atoms with Crippen LogP contribution in [0, 0.1) is 11.7 Å². The van der Waals surface area contributed by atoms with E-state index < -0.39 is 17.8 Å². The molecule has 1 heterocycles. The predicted molar refractivity (Wildman–Crippen MR) is 106 cm³/mol. The number of benzene rings is 2. The van der Waals surface area contributed by atoms with Gasteiger partial charge in [-0.3, -0.25) is 9.59 Å². The van der Waals surface area contributed by atoms with Gasteiger partial charge in [0.25, 0.3) is 5.91 Å². The van der Waals surface area contributed by atoms with E-state index in [-0.39, 0.29) is 17.4 Å². The fourth-order valence-corrected chi connectivity index (χ4v) is 3.15. The molecule has 6 nitrogen and oxygen atoms in total. The van der Waals surface area contributed by atoms with Gasteiger partial charge in [0.2, 0.25) is 5.91 Å². The average Bonchev–Trinajstić information content (AvgIpc) is 2.71. The van der Waals surface area contributed by atoms with E-state index in [1.807, 2.05) is 32.0 Å². The van der Waals surface area contributed by atoms with Gasteiger partial charge in [-0.05, 0) is 35.7 Å². The molecule has 1 N–H and O–H groups in total. The van der Waals surface area contributed by atoms with E-state index in [2.05, 4.69) is 5.32 Å². The molecule has 0 aromatic heterocycles. The van der Waals surface area contributed by atoms with Crippen LogP contribution in [0.3, 0.4) is 0 Å². The third-order valence-electron chi connectivity index (χ3n) is 4.74. The summed E-state index contributed by atoms with van der Waals surface area (Å²) in [4.78, 5) is 27.0. The van der Waals surface area contributed by atoms with Crippen LogP contribution in [-0.4, -0.2) is 43.0 Å². The summed E-state index contributed by atoms with van der Waals surface area (Å²) in [5.74, 6) is -0.304. The third-order valence-corrected chi connectivity index (χ3v) is 4.74.